The molecule has 4 rings (SSSR count). The van der Waals surface area contributed by atoms with Crippen LogP contribution in [0.1, 0.15) is 30.9 Å². The third-order valence-corrected chi connectivity index (χ3v) is 6.50. The second-order valence-electron chi connectivity index (χ2n) is 8.78. The van der Waals surface area contributed by atoms with Gasteiger partial charge in [-0.15, -0.1) is 0 Å². The minimum atomic E-state index is -0.0959. The van der Waals surface area contributed by atoms with Crippen molar-refractivity contribution < 1.29 is 9.59 Å². The summed E-state index contributed by atoms with van der Waals surface area (Å²) in [5.74, 6) is 0.293. The van der Waals surface area contributed by atoms with Crippen molar-refractivity contribution in [1.82, 2.24) is 14.8 Å². The molecule has 0 saturated carbocycles. The van der Waals surface area contributed by atoms with E-state index >= 15 is 0 Å². The molecule has 0 bridgehead atoms. The summed E-state index contributed by atoms with van der Waals surface area (Å²) in [5.41, 5.74) is 5.73. The van der Waals surface area contributed by atoms with Crippen LogP contribution in [0.15, 0.2) is 59.7 Å². The van der Waals surface area contributed by atoms with Gasteiger partial charge in [0.2, 0.25) is 11.8 Å². The largest absolute Gasteiger partial charge is 0.348 e. The summed E-state index contributed by atoms with van der Waals surface area (Å²) in [6.07, 6.45) is 3.39. The summed E-state index contributed by atoms with van der Waals surface area (Å²) in [6, 6.07) is 12.8. The summed E-state index contributed by atoms with van der Waals surface area (Å²) >= 11 is 3.63. The van der Waals surface area contributed by atoms with Gasteiger partial charge in [-0.3, -0.25) is 9.59 Å². The predicted molar refractivity (Wildman–Crippen MR) is 133 cm³/mol. The Kier molecular flexibility index (Phi) is 6.24. The van der Waals surface area contributed by atoms with E-state index in [0.29, 0.717) is 19.0 Å². The first-order chi connectivity index (χ1) is 15.3. The van der Waals surface area contributed by atoms with Gasteiger partial charge in [0.1, 0.15) is 6.54 Å². The van der Waals surface area contributed by atoms with Crippen molar-refractivity contribution >= 4 is 38.6 Å². The highest BCUT2D eigenvalue weighted by atomic mass is 79.9. The van der Waals surface area contributed by atoms with Crippen LogP contribution in [0.25, 0.3) is 22.0 Å². The molecule has 0 spiro atoms. The molecule has 6 heteroatoms. The van der Waals surface area contributed by atoms with Gasteiger partial charge in [0.25, 0.3) is 0 Å². The maximum Gasteiger partial charge on any atom is 0.246 e. The number of aromatic nitrogens is 1. The van der Waals surface area contributed by atoms with Crippen molar-refractivity contribution in [1.29, 1.82) is 0 Å². The van der Waals surface area contributed by atoms with Crippen LogP contribution in [0, 0.1) is 6.92 Å². The number of rotatable bonds is 6. The van der Waals surface area contributed by atoms with Gasteiger partial charge in [-0.2, -0.15) is 0 Å². The topological polar surface area (TPSA) is 54.3 Å². The highest BCUT2D eigenvalue weighted by molar-refractivity contribution is 9.10. The molecule has 166 valence electrons. The Morgan fingerprint density at radius 2 is 2.00 bits per heavy atom. The number of nitrogens with zero attached hydrogens (tertiary/aromatic N) is 2. The monoisotopic (exact) mass is 493 g/mol. The second-order valence-corrected chi connectivity index (χ2v) is 9.70. The molecule has 3 aromatic rings. The van der Waals surface area contributed by atoms with E-state index in [1.807, 2.05) is 4.57 Å². The number of likely N-dealkylation sites (tertiary alicyclic amines) is 1. The van der Waals surface area contributed by atoms with E-state index in [0.717, 1.165) is 32.1 Å². The molecule has 32 heavy (non-hydrogen) atoms. The van der Waals surface area contributed by atoms with Crippen molar-refractivity contribution in [2.45, 2.75) is 39.3 Å². The minimum Gasteiger partial charge on any atom is -0.348 e. The van der Waals surface area contributed by atoms with Gasteiger partial charge in [-0.25, -0.2) is 0 Å². The summed E-state index contributed by atoms with van der Waals surface area (Å²) < 4.78 is 3.06. The van der Waals surface area contributed by atoms with Crippen molar-refractivity contribution in [3.8, 4) is 11.1 Å². The summed E-state index contributed by atoms with van der Waals surface area (Å²) in [7, 11) is 0. The molecule has 0 unspecified atom stereocenters. The Hall–Kier alpha value is -2.86. The van der Waals surface area contributed by atoms with Crippen LogP contribution >= 0.6 is 15.9 Å². The maximum absolute atomic E-state index is 12.8. The summed E-state index contributed by atoms with van der Waals surface area (Å²) in [4.78, 5) is 26.1. The van der Waals surface area contributed by atoms with Crippen LogP contribution < -0.4 is 5.32 Å². The molecule has 0 aliphatic carbocycles. The van der Waals surface area contributed by atoms with Gasteiger partial charge >= 0.3 is 0 Å². The first-order valence-electron chi connectivity index (χ1n) is 10.9. The van der Waals surface area contributed by atoms with Gasteiger partial charge in [-0.1, -0.05) is 60.6 Å². The molecule has 2 aromatic carbocycles. The third kappa shape index (κ3) is 4.37. The summed E-state index contributed by atoms with van der Waals surface area (Å²) in [6.45, 7) is 11.3. The molecule has 1 aliphatic rings. The highest BCUT2D eigenvalue weighted by Gasteiger charge is 2.30. The lowest BCUT2D eigenvalue weighted by atomic mass is 9.97. The van der Waals surface area contributed by atoms with Crippen LogP contribution in [0.3, 0.4) is 0 Å². The average Bonchev–Trinajstić information content (AvgIpc) is 3.08. The van der Waals surface area contributed by atoms with Gasteiger partial charge in [0, 0.05) is 34.7 Å². The zero-order valence-corrected chi connectivity index (χ0v) is 20.3. The lowest BCUT2D eigenvalue weighted by Gasteiger charge is -2.38. The minimum absolute atomic E-state index is 0.00865. The Labute approximate surface area is 197 Å². The number of halogens is 1. The van der Waals surface area contributed by atoms with E-state index in [4.69, 9.17) is 0 Å². The summed E-state index contributed by atoms with van der Waals surface area (Å²) in [5, 5.41) is 4.17. The standard InChI is InChI=1S/C26H28BrN3O2/c1-5-25(32)29-12-21(13-29)28-24(31)15-30-14-23(19-8-6-7-18(10-19)16(2)3)22-11-20(27)9-17(4)26(22)30/h5-11,14,16,21H,1,12-13,15H2,2-4H3,(H,28,31). The van der Waals surface area contributed by atoms with Crippen molar-refractivity contribution in [2.24, 2.45) is 0 Å². The zero-order chi connectivity index (χ0) is 23.0. The maximum atomic E-state index is 12.8. The van der Waals surface area contributed by atoms with Crippen LogP contribution in [-0.2, 0) is 16.1 Å². The van der Waals surface area contributed by atoms with Crippen LogP contribution in [0.4, 0.5) is 0 Å². The number of hydrogen-bond acceptors (Lipinski definition) is 2. The van der Waals surface area contributed by atoms with Crippen molar-refractivity contribution in [2.75, 3.05) is 13.1 Å². The molecular weight excluding hydrogens is 466 g/mol. The lowest BCUT2D eigenvalue weighted by Crippen LogP contribution is -2.61. The van der Waals surface area contributed by atoms with Gasteiger partial charge in [-0.05, 0) is 47.7 Å². The second kappa shape index (κ2) is 8.94. The molecular formula is C26H28BrN3O2. The average molecular weight is 494 g/mol. The first kappa shape index (κ1) is 22.3. The fraction of sp³-hybridized carbons (Fsp3) is 0.308. The van der Waals surface area contributed by atoms with Crippen LogP contribution in [0.5, 0.6) is 0 Å². The van der Waals surface area contributed by atoms with Gasteiger partial charge in [0.05, 0.1) is 11.6 Å². The fourth-order valence-electron chi connectivity index (χ4n) is 4.34. The number of carbonyl (C=O) groups excluding carboxylic acids is 2. The van der Waals surface area contributed by atoms with Crippen LogP contribution in [0.2, 0.25) is 0 Å². The highest BCUT2D eigenvalue weighted by Crippen LogP contribution is 2.35. The molecule has 1 fully saturated rings. The molecule has 2 heterocycles. The van der Waals surface area contributed by atoms with Gasteiger partial charge < -0.3 is 14.8 Å². The number of hydrogen-bond donors (Lipinski definition) is 1. The van der Waals surface area contributed by atoms with E-state index in [-0.39, 0.29) is 24.4 Å². The van der Waals surface area contributed by atoms with E-state index in [2.05, 4.69) is 91.2 Å². The zero-order valence-electron chi connectivity index (χ0n) is 18.7. The SMILES string of the molecule is C=CC(=O)N1CC(NC(=O)Cn2cc(-c3cccc(C(C)C)c3)c3cc(Br)cc(C)c32)C1. The number of aryl methyl sites for hydroxylation is 1. The predicted octanol–water partition coefficient (Wildman–Crippen LogP) is 5.02. The van der Waals surface area contributed by atoms with E-state index in [1.54, 1.807) is 4.90 Å². The molecule has 0 atom stereocenters. The molecule has 5 nitrogen and oxygen atoms in total. The molecule has 1 aliphatic heterocycles. The van der Waals surface area contributed by atoms with Crippen molar-refractivity contribution in [3.05, 3.63) is 70.8 Å². The first-order valence-corrected chi connectivity index (χ1v) is 11.7. The van der Waals surface area contributed by atoms with Crippen LogP contribution in [-0.4, -0.2) is 40.4 Å². The Balaban J connectivity index is 1.63. The molecule has 1 saturated heterocycles. The molecule has 1 N–H and O–H groups in total. The van der Waals surface area contributed by atoms with E-state index in [9.17, 15) is 9.59 Å². The van der Waals surface area contributed by atoms with E-state index < -0.39 is 0 Å². The normalized spacial score (nSPS) is 14.0. The number of benzene rings is 2. The number of fused-ring (bicyclic) bond motifs is 1. The Bertz CT molecular complexity index is 1210. The molecule has 1 aromatic heterocycles. The third-order valence-electron chi connectivity index (χ3n) is 6.04. The number of amides is 2. The fourth-order valence-corrected chi connectivity index (χ4v) is 4.91. The Morgan fingerprint density at radius 1 is 1.25 bits per heavy atom. The number of carbonyl (C=O) groups is 2. The Morgan fingerprint density at radius 3 is 2.69 bits per heavy atom. The smallest absolute Gasteiger partial charge is 0.246 e. The van der Waals surface area contributed by atoms with Gasteiger partial charge in [0.15, 0.2) is 0 Å². The van der Waals surface area contributed by atoms with E-state index in [1.165, 1.54) is 11.6 Å². The van der Waals surface area contributed by atoms with Crippen molar-refractivity contribution in [3.63, 3.8) is 0 Å². The quantitative estimate of drug-likeness (QED) is 0.490. The lowest BCUT2D eigenvalue weighted by molar-refractivity contribution is -0.133. The molecule has 0 radical (unpaired) electrons. The number of nitrogens with one attached hydrogen (secondary N) is 1. The molecule has 2 amide bonds.